The molecule has 0 aliphatic heterocycles. The number of nitrogens with zero attached hydrogens (tertiary/aromatic N) is 1. The Balaban J connectivity index is 2.04. The Morgan fingerprint density at radius 2 is 1.68 bits per heavy atom. The van der Waals surface area contributed by atoms with Crippen LogP contribution in [-0.4, -0.2) is 30.2 Å². The minimum atomic E-state index is -0.895. The molecule has 2 aromatic rings. The van der Waals surface area contributed by atoms with Crippen molar-refractivity contribution in [1.29, 1.82) is 0 Å². The lowest BCUT2D eigenvalue weighted by Gasteiger charge is -2.26. The Hall–Kier alpha value is -2.28. The minimum Gasteiger partial charge on any atom is -0.323 e. The van der Waals surface area contributed by atoms with Crippen LogP contribution in [0, 0.1) is 0 Å². The van der Waals surface area contributed by atoms with Crippen molar-refractivity contribution in [3.8, 4) is 0 Å². The second-order valence-corrected chi connectivity index (χ2v) is 5.93. The predicted octanol–water partition coefficient (Wildman–Crippen LogP) is 4.42. The summed E-state index contributed by atoms with van der Waals surface area (Å²) < 4.78 is 0. The summed E-state index contributed by atoms with van der Waals surface area (Å²) in [6.07, 6.45) is 0. The van der Waals surface area contributed by atoms with Crippen LogP contribution in [0.5, 0.6) is 0 Å². The number of para-hydroxylation sites is 1. The van der Waals surface area contributed by atoms with E-state index in [1.807, 2.05) is 0 Å². The summed E-state index contributed by atoms with van der Waals surface area (Å²) in [6.45, 7) is 1.54. The van der Waals surface area contributed by atoms with Crippen LogP contribution in [0.2, 0.25) is 10.0 Å². The molecule has 1 atom stereocenters. The molecule has 2 N–H and O–H groups in total. The summed E-state index contributed by atoms with van der Waals surface area (Å²) in [5.41, 5.74) is 0.977. The second-order valence-electron chi connectivity index (χ2n) is 5.09. The lowest BCUT2D eigenvalue weighted by Crippen LogP contribution is -2.46. The fourth-order valence-corrected chi connectivity index (χ4v) is 2.34. The van der Waals surface area contributed by atoms with E-state index in [0.717, 1.165) is 5.06 Å². The number of hydrogen-bond donors (Lipinski definition) is 2. The van der Waals surface area contributed by atoms with Gasteiger partial charge in [0.2, 0.25) is 5.91 Å². The number of benzene rings is 2. The summed E-state index contributed by atoms with van der Waals surface area (Å²) in [6, 6.07) is 11.9. The van der Waals surface area contributed by atoms with Gasteiger partial charge in [-0.3, -0.25) is 9.63 Å². The first-order chi connectivity index (χ1) is 11.9. The Bertz CT molecular complexity index is 753. The molecule has 8 heteroatoms. The van der Waals surface area contributed by atoms with Gasteiger partial charge in [0.25, 0.3) is 0 Å². The zero-order valence-electron chi connectivity index (χ0n) is 13.6. The van der Waals surface area contributed by atoms with Crippen molar-refractivity contribution in [2.75, 3.05) is 17.7 Å². The first-order valence-electron chi connectivity index (χ1n) is 7.37. The summed E-state index contributed by atoms with van der Waals surface area (Å²) in [7, 11) is 1.31. The molecular formula is C17H17Cl2N3O3. The van der Waals surface area contributed by atoms with Crippen LogP contribution in [0.4, 0.5) is 16.2 Å². The van der Waals surface area contributed by atoms with Gasteiger partial charge < -0.3 is 10.6 Å². The van der Waals surface area contributed by atoms with Gasteiger partial charge in [0.05, 0.1) is 17.8 Å². The van der Waals surface area contributed by atoms with Gasteiger partial charge in [0.15, 0.2) is 0 Å². The smallest absolute Gasteiger partial charge is 0.323 e. The molecule has 6 nitrogen and oxygen atoms in total. The van der Waals surface area contributed by atoms with Gasteiger partial charge in [-0.05, 0) is 43.3 Å². The van der Waals surface area contributed by atoms with Gasteiger partial charge >= 0.3 is 6.03 Å². The summed E-state index contributed by atoms with van der Waals surface area (Å²) in [4.78, 5) is 29.8. The molecule has 0 bridgehead atoms. The molecule has 0 spiro atoms. The van der Waals surface area contributed by atoms with E-state index in [1.54, 1.807) is 48.5 Å². The lowest BCUT2D eigenvalue weighted by molar-refractivity contribution is -0.141. The molecule has 0 aliphatic carbocycles. The quantitative estimate of drug-likeness (QED) is 0.753. The third-order valence-electron chi connectivity index (χ3n) is 3.36. The lowest BCUT2D eigenvalue weighted by atomic mass is 10.2. The molecule has 0 aromatic heterocycles. The van der Waals surface area contributed by atoms with Crippen LogP contribution in [0.3, 0.4) is 0 Å². The van der Waals surface area contributed by atoms with E-state index in [-0.39, 0.29) is 0 Å². The fraction of sp³-hybridized carbons (Fsp3) is 0.176. The number of hydrogen-bond acceptors (Lipinski definition) is 3. The van der Waals surface area contributed by atoms with Crippen molar-refractivity contribution in [2.24, 2.45) is 0 Å². The summed E-state index contributed by atoms with van der Waals surface area (Å²) in [5, 5.41) is 7.17. The van der Waals surface area contributed by atoms with Crippen molar-refractivity contribution in [3.05, 3.63) is 58.6 Å². The molecule has 3 amide bonds. The molecule has 2 aromatic carbocycles. The largest absolute Gasteiger partial charge is 0.346 e. The molecule has 2 rings (SSSR count). The molecular weight excluding hydrogens is 365 g/mol. The number of hydroxylamine groups is 2. The van der Waals surface area contributed by atoms with Crippen LogP contribution in [0.25, 0.3) is 0 Å². The Morgan fingerprint density at radius 1 is 1.04 bits per heavy atom. The third-order valence-corrected chi connectivity index (χ3v) is 3.94. The summed E-state index contributed by atoms with van der Waals surface area (Å²) in [5.74, 6) is -0.443. The zero-order chi connectivity index (χ0) is 18.4. The highest BCUT2D eigenvalue weighted by molar-refractivity contribution is 6.33. The molecule has 0 radical (unpaired) electrons. The van der Waals surface area contributed by atoms with E-state index in [1.165, 1.54) is 14.0 Å². The maximum atomic E-state index is 12.4. The van der Waals surface area contributed by atoms with Crippen molar-refractivity contribution < 1.29 is 14.4 Å². The standard InChI is InChI=1S/C17H17Cl2N3O3/c1-11(16(23)21-15-6-4-3-5-14(15)19)22(25-2)17(24)20-13-9-7-12(18)8-10-13/h3-11H,1-2H3,(H,20,24)(H,21,23). The van der Waals surface area contributed by atoms with Crippen molar-refractivity contribution >= 4 is 46.5 Å². The molecule has 0 fully saturated rings. The molecule has 0 saturated heterocycles. The highest BCUT2D eigenvalue weighted by atomic mass is 35.5. The molecule has 0 aliphatic rings. The number of nitrogens with one attached hydrogen (secondary N) is 2. The van der Waals surface area contributed by atoms with Gasteiger partial charge in [-0.1, -0.05) is 35.3 Å². The van der Waals surface area contributed by atoms with E-state index >= 15 is 0 Å². The third kappa shape index (κ3) is 5.09. The number of anilines is 2. The summed E-state index contributed by atoms with van der Waals surface area (Å²) >= 11 is 11.8. The Labute approximate surface area is 155 Å². The van der Waals surface area contributed by atoms with Crippen molar-refractivity contribution in [2.45, 2.75) is 13.0 Å². The van der Waals surface area contributed by atoms with Crippen molar-refractivity contribution in [1.82, 2.24) is 5.06 Å². The van der Waals surface area contributed by atoms with Gasteiger partial charge in [-0.15, -0.1) is 0 Å². The topological polar surface area (TPSA) is 70.7 Å². The van der Waals surface area contributed by atoms with E-state index in [4.69, 9.17) is 28.0 Å². The SMILES string of the molecule is CON(C(=O)Nc1ccc(Cl)cc1)C(C)C(=O)Nc1ccccc1Cl. The van der Waals surface area contributed by atoms with E-state index in [2.05, 4.69) is 10.6 Å². The second kappa shape index (κ2) is 8.71. The highest BCUT2D eigenvalue weighted by Gasteiger charge is 2.27. The van der Waals surface area contributed by atoms with E-state index in [0.29, 0.717) is 21.4 Å². The highest BCUT2D eigenvalue weighted by Crippen LogP contribution is 2.21. The van der Waals surface area contributed by atoms with E-state index < -0.39 is 18.0 Å². The number of rotatable bonds is 5. The van der Waals surface area contributed by atoms with E-state index in [9.17, 15) is 9.59 Å². The minimum absolute atomic E-state index is 0.401. The van der Waals surface area contributed by atoms with Crippen LogP contribution in [0.15, 0.2) is 48.5 Å². The molecule has 1 unspecified atom stereocenters. The maximum Gasteiger partial charge on any atom is 0.346 e. The zero-order valence-corrected chi connectivity index (χ0v) is 15.1. The molecule has 25 heavy (non-hydrogen) atoms. The number of carbonyl (C=O) groups is 2. The van der Waals surface area contributed by atoms with Gasteiger partial charge in [-0.25, -0.2) is 4.79 Å². The Kier molecular flexibility index (Phi) is 6.64. The number of carbonyl (C=O) groups excluding carboxylic acids is 2. The monoisotopic (exact) mass is 381 g/mol. The average Bonchev–Trinajstić information content (AvgIpc) is 2.59. The molecule has 0 saturated carbocycles. The van der Waals surface area contributed by atoms with Crippen LogP contribution < -0.4 is 10.6 Å². The van der Waals surface area contributed by atoms with Gasteiger partial charge in [0, 0.05) is 10.7 Å². The van der Waals surface area contributed by atoms with Crippen molar-refractivity contribution in [3.63, 3.8) is 0 Å². The van der Waals surface area contributed by atoms with Crippen LogP contribution >= 0.6 is 23.2 Å². The normalized spacial score (nSPS) is 11.5. The average molecular weight is 382 g/mol. The predicted molar refractivity (Wildman–Crippen MR) is 98.9 cm³/mol. The molecule has 0 heterocycles. The van der Waals surface area contributed by atoms with Crippen LogP contribution in [0.1, 0.15) is 6.92 Å². The number of halogens is 2. The first kappa shape index (κ1) is 19.1. The molecule has 132 valence electrons. The number of amides is 3. The van der Waals surface area contributed by atoms with Gasteiger partial charge in [0.1, 0.15) is 6.04 Å². The first-order valence-corrected chi connectivity index (χ1v) is 8.13. The fourth-order valence-electron chi connectivity index (χ4n) is 2.03. The Morgan fingerprint density at radius 3 is 2.28 bits per heavy atom. The number of urea groups is 1. The van der Waals surface area contributed by atoms with Gasteiger partial charge in [-0.2, -0.15) is 5.06 Å². The maximum absolute atomic E-state index is 12.4. The van der Waals surface area contributed by atoms with Crippen LogP contribution in [-0.2, 0) is 9.63 Å².